The first-order valence-electron chi connectivity index (χ1n) is 7.93. The van der Waals surface area contributed by atoms with Crippen LogP contribution < -0.4 is 10.2 Å². The molecule has 1 aromatic carbocycles. The lowest BCUT2D eigenvalue weighted by atomic mass is 10.2. The number of halogens is 2. The number of carbonyl (C=O) groups excluding carboxylic acids is 1. The third-order valence-corrected chi connectivity index (χ3v) is 4.29. The van der Waals surface area contributed by atoms with Crippen LogP contribution in [-0.4, -0.2) is 29.9 Å². The molecule has 1 N–H and O–H groups in total. The molecule has 140 valence electrons. The van der Waals surface area contributed by atoms with Crippen LogP contribution in [0.4, 0.5) is 5.13 Å². The third kappa shape index (κ3) is 6.16. The van der Waals surface area contributed by atoms with Crippen molar-refractivity contribution in [3.63, 3.8) is 0 Å². The number of thiazole rings is 1. The number of carbonyl (C=O) groups is 1. The summed E-state index contributed by atoms with van der Waals surface area (Å²) in [6.07, 6.45) is 1.68. The largest absolute Gasteiger partial charge is 0.488 e. The highest BCUT2D eigenvalue weighted by atomic mass is 35.5. The zero-order valence-electron chi connectivity index (χ0n) is 14.6. The first-order valence-corrected chi connectivity index (χ1v) is 9.57. The van der Waals surface area contributed by atoms with E-state index in [0.717, 1.165) is 0 Å². The molecule has 0 amide bonds. The van der Waals surface area contributed by atoms with E-state index in [1.54, 1.807) is 30.7 Å². The second kappa shape index (κ2) is 9.75. The summed E-state index contributed by atoms with van der Waals surface area (Å²) in [6.45, 7) is 5.91. The maximum atomic E-state index is 11.4. The van der Waals surface area contributed by atoms with Gasteiger partial charge in [0.15, 0.2) is 5.75 Å². The standard InChI is InChI=1S/C17H19Cl2N3O3S/c1-4-24-15(23)7-12-9-26-17(21-12)22-20-8-11-5-13(18)16(14(19)6-11)25-10(2)3/h5-6,8-10H,4,7H2,1-3H3,(H,21,22)/b20-8-. The van der Waals surface area contributed by atoms with Crippen molar-refractivity contribution >= 4 is 51.9 Å². The highest BCUT2D eigenvalue weighted by Gasteiger charge is 2.11. The maximum Gasteiger partial charge on any atom is 0.311 e. The highest BCUT2D eigenvalue weighted by molar-refractivity contribution is 7.13. The van der Waals surface area contributed by atoms with Gasteiger partial charge < -0.3 is 9.47 Å². The minimum atomic E-state index is -0.305. The molecule has 2 aromatic rings. The van der Waals surface area contributed by atoms with Crippen LogP contribution >= 0.6 is 34.5 Å². The Morgan fingerprint density at radius 3 is 2.69 bits per heavy atom. The van der Waals surface area contributed by atoms with E-state index in [1.807, 2.05) is 13.8 Å². The number of ether oxygens (including phenoxy) is 2. The minimum absolute atomic E-state index is 0.0279. The van der Waals surface area contributed by atoms with Gasteiger partial charge in [-0.3, -0.25) is 10.2 Å². The summed E-state index contributed by atoms with van der Waals surface area (Å²) in [5, 5.41) is 7.29. The van der Waals surface area contributed by atoms with E-state index in [2.05, 4.69) is 15.5 Å². The molecule has 0 unspecified atom stereocenters. The number of benzene rings is 1. The third-order valence-electron chi connectivity index (χ3n) is 2.93. The summed E-state index contributed by atoms with van der Waals surface area (Å²) in [6, 6.07) is 3.43. The molecule has 0 spiro atoms. The van der Waals surface area contributed by atoms with E-state index in [9.17, 15) is 4.79 Å². The molecule has 0 aliphatic carbocycles. The van der Waals surface area contributed by atoms with Gasteiger partial charge in [0.1, 0.15) is 0 Å². The predicted molar refractivity (Wildman–Crippen MR) is 106 cm³/mol. The van der Waals surface area contributed by atoms with E-state index >= 15 is 0 Å². The van der Waals surface area contributed by atoms with Crippen LogP contribution in [0.5, 0.6) is 5.75 Å². The average Bonchev–Trinajstić information content (AvgIpc) is 2.98. The molecule has 0 fully saturated rings. The minimum Gasteiger partial charge on any atom is -0.488 e. The van der Waals surface area contributed by atoms with Crippen molar-refractivity contribution in [1.29, 1.82) is 0 Å². The molecule has 1 aromatic heterocycles. The molecular formula is C17H19Cl2N3O3S. The summed E-state index contributed by atoms with van der Waals surface area (Å²) in [4.78, 5) is 15.7. The van der Waals surface area contributed by atoms with Gasteiger partial charge in [-0.25, -0.2) is 4.98 Å². The molecule has 1 heterocycles. The monoisotopic (exact) mass is 415 g/mol. The lowest BCUT2D eigenvalue weighted by Crippen LogP contribution is -2.07. The number of hydrogen-bond acceptors (Lipinski definition) is 7. The molecule has 2 rings (SSSR count). The first kappa shape index (κ1) is 20.5. The first-order chi connectivity index (χ1) is 12.4. The molecule has 6 nitrogen and oxygen atoms in total. The lowest BCUT2D eigenvalue weighted by molar-refractivity contribution is -0.142. The number of aromatic nitrogens is 1. The van der Waals surface area contributed by atoms with Crippen LogP contribution in [0.3, 0.4) is 0 Å². The van der Waals surface area contributed by atoms with E-state index in [4.69, 9.17) is 32.7 Å². The summed E-state index contributed by atoms with van der Waals surface area (Å²) >= 11 is 13.8. The second-order valence-electron chi connectivity index (χ2n) is 5.48. The second-order valence-corrected chi connectivity index (χ2v) is 7.15. The van der Waals surface area contributed by atoms with E-state index in [1.165, 1.54) is 11.3 Å². The normalized spacial score (nSPS) is 11.2. The summed E-state index contributed by atoms with van der Waals surface area (Å²) < 4.78 is 10.5. The Hall–Kier alpha value is -1.83. The van der Waals surface area contributed by atoms with Crippen molar-refractivity contribution in [3.05, 3.63) is 38.8 Å². The van der Waals surface area contributed by atoms with Crippen LogP contribution in [0.1, 0.15) is 32.0 Å². The SMILES string of the molecule is CCOC(=O)Cc1csc(N/N=C\c2cc(Cl)c(OC(C)C)c(Cl)c2)n1. The van der Waals surface area contributed by atoms with Crippen molar-refractivity contribution < 1.29 is 14.3 Å². The molecule has 0 bridgehead atoms. The number of hydrogen-bond donors (Lipinski definition) is 1. The number of nitrogens with zero attached hydrogens (tertiary/aromatic N) is 2. The van der Waals surface area contributed by atoms with Gasteiger partial charge in [-0.05, 0) is 38.5 Å². The summed E-state index contributed by atoms with van der Waals surface area (Å²) in [7, 11) is 0. The quantitative estimate of drug-likeness (QED) is 0.381. The van der Waals surface area contributed by atoms with E-state index in [-0.39, 0.29) is 18.5 Å². The zero-order chi connectivity index (χ0) is 19.1. The van der Waals surface area contributed by atoms with Crippen LogP contribution in [0.15, 0.2) is 22.6 Å². The van der Waals surface area contributed by atoms with Gasteiger partial charge in [0.05, 0.1) is 41.1 Å². The smallest absolute Gasteiger partial charge is 0.311 e. The van der Waals surface area contributed by atoms with Crippen molar-refractivity contribution in [1.82, 2.24) is 4.98 Å². The molecule has 0 aliphatic rings. The molecule has 0 saturated carbocycles. The number of hydrazone groups is 1. The average molecular weight is 416 g/mol. The fourth-order valence-electron chi connectivity index (χ4n) is 1.96. The fraction of sp³-hybridized carbons (Fsp3) is 0.353. The highest BCUT2D eigenvalue weighted by Crippen LogP contribution is 2.34. The van der Waals surface area contributed by atoms with Crippen molar-refractivity contribution in [3.8, 4) is 5.75 Å². The Kier molecular flexibility index (Phi) is 7.68. The fourth-order valence-corrected chi connectivity index (χ4v) is 3.22. The van der Waals surface area contributed by atoms with Crippen LogP contribution in [0, 0.1) is 0 Å². The van der Waals surface area contributed by atoms with Gasteiger partial charge in [-0.2, -0.15) is 5.10 Å². The Morgan fingerprint density at radius 1 is 1.38 bits per heavy atom. The number of esters is 1. The van der Waals surface area contributed by atoms with Gasteiger partial charge in [-0.1, -0.05) is 23.2 Å². The molecule has 26 heavy (non-hydrogen) atoms. The summed E-state index contributed by atoms with van der Waals surface area (Å²) in [5.74, 6) is 0.151. The van der Waals surface area contributed by atoms with Crippen molar-refractivity contribution in [2.24, 2.45) is 5.10 Å². The molecule has 0 saturated heterocycles. The predicted octanol–water partition coefficient (Wildman–Crippen LogP) is 4.79. The van der Waals surface area contributed by atoms with Crippen molar-refractivity contribution in [2.45, 2.75) is 33.3 Å². The topological polar surface area (TPSA) is 72.8 Å². The van der Waals surface area contributed by atoms with Gasteiger partial charge in [0.25, 0.3) is 0 Å². The van der Waals surface area contributed by atoms with E-state index < -0.39 is 0 Å². The Bertz CT molecular complexity index is 770. The molecular weight excluding hydrogens is 397 g/mol. The Balaban J connectivity index is 1.98. The lowest BCUT2D eigenvalue weighted by Gasteiger charge is -2.13. The van der Waals surface area contributed by atoms with Crippen molar-refractivity contribution in [2.75, 3.05) is 12.0 Å². The molecule has 0 aliphatic heterocycles. The van der Waals surface area contributed by atoms with Gasteiger partial charge in [-0.15, -0.1) is 11.3 Å². The van der Waals surface area contributed by atoms with Crippen LogP contribution in [0.2, 0.25) is 10.0 Å². The Labute approximate surface area is 166 Å². The number of nitrogens with one attached hydrogen (secondary N) is 1. The zero-order valence-corrected chi connectivity index (χ0v) is 16.9. The van der Waals surface area contributed by atoms with Crippen LogP contribution in [0.25, 0.3) is 0 Å². The molecule has 9 heteroatoms. The Morgan fingerprint density at radius 2 is 2.08 bits per heavy atom. The van der Waals surface area contributed by atoms with Crippen LogP contribution in [-0.2, 0) is 16.0 Å². The number of anilines is 1. The molecule has 0 radical (unpaired) electrons. The van der Waals surface area contributed by atoms with E-state index in [0.29, 0.717) is 38.8 Å². The van der Waals surface area contributed by atoms with Gasteiger partial charge in [0.2, 0.25) is 5.13 Å². The van der Waals surface area contributed by atoms with Gasteiger partial charge >= 0.3 is 5.97 Å². The van der Waals surface area contributed by atoms with Gasteiger partial charge in [0, 0.05) is 5.38 Å². The maximum absolute atomic E-state index is 11.4. The summed E-state index contributed by atoms with van der Waals surface area (Å²) in [5.41, 5.74) is 4.16. The molecule has 0 atom stereocenters. The number of rotatable bonds is 8.